The lowest BCUT2D eigenvalue weighted by atomic mass is 9.90. The van der Waals surface area contributed by atoms with Gasteiger partial charge in [0.2, 0.25) is 5.95 Å². The fourth-order valence-corrected chi connectivity index (χ4v) is 3.61. The molecule has 0 unspecified atom stereocenters. The standard InChI is InChI=1S/C20H27N5O3/c1-24(2)18-12-13-21-19(23-18)22-14-8-10-15(11-9-14)25(20(26)27)16-6-4-5-7-17(16)28-3/h4-7,12-15H,8-11H2,1-3H3,(H,26,27)(H,21,22,23)/t14-,15+. The van der Waals surface area contributed by atoms with Crippen molar-refractivity contribution < 1.29 is 14.6 Å². The van der Waals surface area contributed by atoms with Crippen LogP contribution in [-0.2, 0) is 0 Å². The van der Waals surface area contributed by atoms with E-state index in [0.29, 0.717) is 17.4 Å². The van der Waals surface area contributed by atoms with Gasteiger partial charge in [0.1, 0.15) is 11.6 Å². The van der Waals surface area contributed by atoms with Crippen LogP contribution in [0.5, 0.6) is 5.75 Å². The van der Waals surface area contributed by atoms with Crippen LogP contribution >= 0.6 is 0 Å². The number of methoxy groups -OCH3 is 1. The Labute approximate surface area is 165 Å². The van der Waals surface area contributed by atoms with Crippen molar-refractivity contribution in [2.45, 2.75) is 37.8 Å². The van der Waals surface area contributed by atoms with Gasteiger partial charge < -0.3 is 20.1 Å². The highest BCUT2D eigenvalue weighted by Gasteiger charge is 2.31. The number of hydrogen-bond acceptors (Lipinski definition) is 6. The quantitative estimate of drug-likeness (QED) is 0.787. The van der Waals surface area contributed by atoms with Crippen LogP contribution in [0, 0.1) is 0 Å². The molecule has 1 heterocycles. The van der Waals surface area contributed by atoms with Crippen LogP contribution < -0.4 is 19.9 Å². The lowest BCUT2D eigenvalue weighted by molar-refractivity contribution is 0.195. The van der Waals surface area contributed by atoms with E-state index in [1.165, 1.54) is 4.90 Å². The zero-order chi connectivity index (χ0) is 20.1. The molecule has 1 aromatic carbocycles. The van der Waals surface area contributed by atoms with E-state index < -0.39 is 6.09 Å². The summed E-state index contributed by atoms with van der Waals surface area (Å²) in [6, 6.07) is 9.25. The first-order valence-corrected chi connectivity index (χ1v) is 9.41. The third kappa shape index (κ3) is 4.44. The van der Waals surface area contributed by atoms with E-state index in [4.69, 9.17) is 4.74 Å². The maximum Gasteiger partial charge on any atom is 0.412 e. The monoisotopic (exact) mass is 385 g/mol. The van der Waals surface area contributed by atoms with E-state index in [1.807, 2.05) is 37.2 Å². The molecule has 8 heteroatoms. The average molecular weight is 385 g/mol. The normalized spacial score (nSPS) is 19.0. The molecule has 2 aromatic rings. The van der Waals surface area contributed by atoms with Crippen LogP contribution in [0.4, 0.5) is 22.2 Å². The van der Waals surface area contributed by atoms with Crippen molar-refractivity contribution in [1.82, 2.24) is 9.97 Å². The van der Waals surface area contributed by atoms with Crippen LogP contribution in [0.15, 0.2) is 36.5 Å². The van der Waals surface area contributed by atoms with Crippen LogP contribution in [0.2, 0.25) is 0 Å². The molecule has 1 aliphatic rings. The van der Waals surface area contributed by atoms with Gasteiger partial charge >= 0.3 is 6.09 Å². The number of para-hydroxylation sites is 2. The summed E-state index contributed by atoms with van der Waals surface area (Å²) in [5.41, 5.74) is 0.593. The summed E-state index contributed by atoms with van der Waals surface area (Å²) < 4.78 is 5.36. The molecule has 1 aliphatic carbocycles. The number of carboxylic acid groups (broad SMARTS) is 1. The maximum atomic E-state index is 12.0. The number of nitrogens with one attached hydrogen (secondary N) is 1. The molecule has 0 atom stereocenters. The smallest absolute Gasteiger partial charge is 0.412 e. The van der Waals surface area contributed by atoms with Crippen molar-refractivity contribution in [1.29, 1.82) is 0 Å². The lowest BCUT2D eigenvalue weighted by Crippen LogP contribution is -2.43. The number of benzene rings is 1. The first kappa shape index (κ1) is 19.7. The number of hydrogen-bond donors (Lipinski definition) is 2. The summed E-state index contributed by atoms with van der Waals surface area (Å²) in [4.78, 5) is 24.1. The molecule has 8 nitrogen and oxygen atoms in total. The van der Waals surface area contributed by atoms with Gasteiger partial charge in [0, 0.05) is 32.4 Å². The summed E-state index contributed by atoms with van der Waals surface area (Å²) in [7, 11) is 5.44. The second-order valence-electron chi connectivity index (χ2n) is 7.11. The predicted octanol–water partition coefficient (Wildman–Crippen LogP) is 3.46. The maximum absolute atomic E-state index is 12.0. The predicted molar refractivity (Wildman–Crippen MR) is 110 cm³/mol. The summed E-state index contributed by atoms with van der Waals surface area (Å²) in [5.74, 6) is 2.02. The number of carbonyl (C=O) groups is 1. The molecule has 0 spiro atoms. The van der Waals surface area contributed by atoms with E-state index in [0.717, 1.165) is 31.5 Å². The van der Waals surface area contributed by atoms with Crippen LogP contribution in [0.3, 0.4) is 0 Å². The number of rotatable bonds is 6. The Morgan fingerprint density at radius 3 is 2.54 bits per heavy atom. The van der Waals surface area contributed by atoms with Gasteiger partial charge in [-0.05, 0) is 43.9 Å². The first-order chi connectivity index (χ1) is 13.5. The Kier molecular flexibility index (Phi) is 6.18. The van der Waals surface area contributed by atoms with Crippen LogP contribution in [-0.4, -0.2) is 54.5 Å². The van der Waals surface area contributed by atoms with E-state index in [-0.39, 0.29) is 12.1 Å². The lowest BCUT2D eigenvalue weighted by Gasteiger charge is -2.36. The molecule has 28 heavy (non-hydrogen) atoms. The Hall–Kier alpha value is -3.03. The van der Waals surface area contributed by atoms with Gasteiger partial charge in [0.25, 0.3) is 0 Å². The average Bonchev–Trinajstić information content (AvgIpc) is 2.70. The molecule has 1 fully saturated rings. The molecule has 1 amide bonds. The molecule has 0 saturated heterocycles. The number of aromatic nitrogens is 2. The van der Waals surface area contributed by atoms with Crippen molar-refractivity contribution in [3.8, 4) is 5.75 Å². The highest BCUT2D eigenvalue weighted by molar-refractivity contribution is 5.89. The SMILES string of the molecule is COc1ccccc1N(C(=O)O)[C@H]1CC[C@@H](Nc2nccc(N(C)C)n2)CC1. The molecule has 1 saturated carbocycles. The largest absolute Gasteiger partial charge is 0.495 e. The molecular weight excluding hydrogens is 358 g/mol. The second-order valence-corrected chi connectivity index (χ2v) is 7.11. The van der Waals surface area contributed by atoms with Gasteiger partial charge in [-0.2, -0.15) is 4.98 Å². The van der Waals surface area contributed by atoms with Gasteiger partial charge in [-0.3, -0.25) is 4.90 Å². The number of nitrogens with zero attached hydrogens (tertiary/aromatic N) is 4. The molecule has 1 aromatic heterocycles. The van der Waals surface area contributed by atoms with Gasteiger partial charge in [-0.25, -0.2) is 9.78 Å². The molecule has 2 N–H and O–H groups in total. The Morgan fingerprint density at radius 1 is 1.18 bits per heavy atom. The van der Waals surface area contributed by atoms with E-state index in [9.17, 15) is 9.90 Å². The summed E-state index contributed by atoms with van der Waals surface area (Å²) in [6.45, 7) is 0. The van der Waals surface area contributed by atoms with E-state index in [2.05, 4.69) is 15.3 Å². The molecule has 150 valence electrons. The molecule has 0 radical (unpaired) electrons. The Morgan fingerprint density at radius 2 is 1.89 bits per heavy atom. The Balaban J connectivity index is 1.66. The topological polar surface area (TPSA) is 90.8 Å². The first-order valence-electron chi connectivity index (χ1n) is 9.41. The third-order valence-electron chi connectivity index (χ3n) is 5.04. The number of anilines is 3. The summed E-state index contributed by atoms with van der Waals surface area (Å²) in [5, 5.41) is 13.2. The zero-order valence-electron chi connectivity index (χ0n) is 16.5. The van der Waals surface area contributed by atoms with Crippen molar-refractivity contribution in [2.75, 3.05) is 36.3 Å². The van der Waals surface area contributed by atoms with Crippen molar-refractivity contribution in [2.24, 2.45) is 0 Å². The van der Waals surface area contributed by atoms with Crippen LogP contribution in [0.1, 0.15) is 25.7 Å². The van der Waals surface area contributed by atoms with Crippen molar-refractivity contribution in [3.63, 3.8) is 0 Å². The fourth-order valence-electron chi connectivity index (χ4n) is 3.61. The molecule has 0 bridgehead atoms. The van der Waals surface area contributed by atoms with Crippen molar-refractivity contribution >= 4 is 23.5 Å². The van der Waals surface area contributed by atoms with Gasteiger partial charge in [-0.15, -0.1) is 0 Å². The Bertz CT molecular complexity index is 806. The minimum absolute atomic E-state index is 0.0825. The highest BCUT2D eigenvalue weighted by Crippen LogP contribution is 2.34. The number of amides is 1. The minimum atomic E-state index is -0.956. The van der Waals surface area contributed by atoms with Gasteiger partial charge in [0.05, 0.1) is 12.8 Å². The molecule has 0 aliphatic heterocycles. The van der Waals surface area contributed by atoms with Gasteiger partial charge in [0.15, 0.2) is 0 Å². The number of ether oxygens (including phenoxy) is 1. The van der Waals surface area contributed by atoms with Crippen molar-refractivity contribution in [3.05, 3.63) is 36.5 Å². The summed E-state index contributed by atoms with van der Waals surface area (Å²) >= 11 is 0. The third-order valence-corrected chi connectivity index (χ3v) is 5.04. The molecular formula is C20H27N5O3. The second kappa shape index (κ2) is 8.77. The van der Waals surface area contributed by atoms with E-state index in [1.54, 1.807) is 25.4 Å². The van der Waals surface area contributed by atoms with Crippen LogP contribution in [0.25, 0.3) is 0 Å². The van der Waals surface area contributed by atoms with E-state index >= 15 is 0 Å². The summed E-state index contributed by atoms with van der Waals surface area (Å²) in [6.07, 6.45) is 4.00. The minimum Gasteiger partial charge on any atom is -0.495 e. The zero-order valence-corrected chi connectivity index (χ0v) is 16.5. The van der Waals surface area contributed by atoms with Gasteiger partial charge in [-0.1, -0.05) is 12.1 Å². The fraction of sp³-hybridized carbons (Fsp3) is 0.450. The highest BCUT2D eigenvalue weighted by atomic mass is 16.5. The molecule has 3 rings (SSSR count).